The van der Waals surface area contributed by atoms with E-state index in [2.05, 4.69) is 22.2 Å². The van der Waals surface area contributed by atoms with Crippen LogP contribution in [0.1, 0.15) is 18.5 Å². The lowest BCUT2D eigenvalue weighted by atomic mass is 10.4. The van der Waals surface area contributed by atoms with Crippen LogP contribution < -0.4 is 10.9 Å². The number of nitrogens with one attached hydrogen (secondary N) is 1. The van der Waals surface area contributed by atoms with Gasteiger partial charge >= 0.3 is 0 Å². The maximum Gasteiger partial charge on any atom is 0.258 e. The normalized spacial score (nSPS) is 14.5. The molecule has 1 N–H and O–H groups in total. The number of likely N-dealkylation sites (N-methyl/N-ethyl adjacent to an activating group) is 1. The van der Waals surface area contributed by atoms with E-state index in [1.807, 2.05) is 5.38 Å². The minimum Gasteiger partial charge on any atom is -0.354 e. The van der Waals surface area contributed by atoms with Crippen LogP contribution in [0.5, 0.6) is 0 Å². The third kappa shape index (κ3) is 4.55. The summed E-state index contributed by atoms with van der Waals surface area (Å²) >= 11 is 2.92. The van der Waals surface area contributed by atoms with E-state index in [-0.39, 0.29) is 11.5 Å². The Bertz CT molecular complexity index is 738. The van der Waals surface area contributed by atoms with Gasteiger partial charge in [0.15, 0.2) is 4.96 Å². The van der Waals surface area contributed by atoms with E-state index in [0.717, 1.165) is 18.3 Å². The lowest BCUT2D eigenvalue weighted by Crippen LogP contribution is -2.34. The molecule has 1 aliphatic carbocycles. The highest BCUT2D eigenvalue weighted by Crippen LogP contribution is 2.24. The van der Waals surface area contributed by atoms with Crippen molar-refractivity contribution in [2.45, 2.75) is 24.6 Å². The minimum atomic E-state index is -0.0700. The number of hydrogen-bond acceptors (Lipinski definition) is 6. The van der Waals surface area contributed by atoms with E-state index >= 15 is 0 Å². The Morgan fingerprint density at radius 2 is 2.39 bits per heavy atom. The van der Waals surface area contributed by atoms with Crippen molar-refractivity contribution in [3.8, 4) is 0 Å². The van der Waals surface area contributed by atoms with Crippen molar-refractivity contribution >= 4 is 34.0 Å². The van der Waals surface area contributed by atoms with Crippen LogP contribution in [0.2, 0.25) is 0 Å². The number of aromatic nitrogens is 2. The van der Waals surface area contributed by atoms with Gasteiger partial charge in [0.1, 0.15) is 0 Å². The summed E-state index contributed by atoms with van der Waals surface area (Å²) in [6.45, 7) is 1.58. The molecule has 8 heteroatoms. The van der Waals surface area contributed by atoms with Gasteiger partial charge in [0.25, 0.3) is 5.56 Å². The van der Waals surface area contributed by atoms with E-state index in [9.17, 15) is 9.59 Å². The van der Waals surface area contributed by atoms with Crippen LogP contribution in [-0.4, -0.2) is 52.1 Å². The molecule has 124 valence electrons. The lowest BCUT2D eigenvalue weighted by molar-refractivity contribution is -0.118. The highest BCUT2D eigenvalue weighted by Gasteiger charge is 2.25. The number of rotatable bonds is 8. The molecule has 1 fully saturated rings. The van der Waals surface area contributed by atoms with Crippen molar-refractivity contribution in [3.05, 3.63) is 33.7 Å². The van der Waals surface area contributed by atoms with Gasteiger partial charge in [-0.05, 0) is 19.9 Å². The first-order chi connectivity index (χ1) is 11.1. The second-order valence-electron chi connectivity index (χ2n) is 5.70. The Hall–Kier alpha value is -1.38. The molecular weight excluding hydrogens is 332 g/mol. The third-order valence-electron chi connectivity index (χ3n) is 3.80. The summed E-state index contributed by atoms with van der Waals surface area (Å²) in [5.41, 5.74) is 0.656. The predicted molar refractivity (Wildman–Crippen MR) is 94.2 cm³/mol. The monoisotopic (exact) mass is 352 g/mol. The zero-order valence-electron chi connectivity index (χ0n) is 13.0. The number of nitrogens with zero attached hydrogens (tertiary/aromatic N) is 3. The molecule has 0 spiro atoms. The third-order valence-corrected chi connectivity index (χ3v) is 5.52. The molecule has 2 aromatic rings. The summed E-state index contributed by atoms with van der Waals surface area (Å²) in [7, 11) is 2.10. The number of carbonyl (C=O) groups is 1. The highest BCUT2D eigenvalue weighted by atomic mass is 32.2. The number of carbonyl (C=O) groups excluding carboxylic acids is 1. The molecule has 0 unspecified atom stereocenters. The number of amides is 1. The Balaban J connectivity index is 1.39. The van der Waals surface area contributed by atoms with Crippen molar-refractivity contribution in [1.29, 1.82) is 0 Å². The van der Waals surface area contributed by atoms with E-state index in [4.69, 9.17) is 0 Å². The fourth-order valence-electron chi connectivity index (χ4n) is 2.33. The first-order valence-corrected chi connectivity index (χ1v) is 9.67. The van der Waals surface area contributed by atoms with Crippen LogP contribution in [0.15, 0.2) is 22.4 Å². The Kier molecular flexibility index (Phi) is 5.34. The largest absolute Gasteiger partial charge is 0.354 e. The van der Waals surface area contributed by atoms with Gasteiger partial charge < -0.3 is 10.2 Å². The summed E-state index contributed by atoms with van der Waals surface area (Å²) in [5.74, 6) is 0.991. The first kappa shape index (κ1) is 16.5. The Labute approximate surface area is 142 Å². The summed E-state index contributed by atoms with van der Waals surface area (Å²) in [6, 6.07) is 2.26. The van der Waals surface area contributed by atoms with E-state index < -0.39 is 0 Å². The molecule has 0 aromatic carbocycles. The average molecular weight is 352 g/mol. The van der Waals surface area contributed by atoms with Crippen LogP contribution in [0.3, 0.4) is 0 Å². The maximum absolute atomic E-state index is 11.9. The van der Waals surface area contributed by atoms with Crippen molar-refractivity contribution < 1.29 is 4.79 Å². The SMILES string of the molecule is CN(CCNC(=O)CSCc1cc(=O)n2ccsc2n1)C1CC1. The topological polar surface area (TPSA) is 66.7 Å². The molecular formula is C15H20N4O2S2. The maximum atomic E-state index is 11.9. The van der Waals surface area contributed by atoms with Gasteiger partial charge in [-0.3, -0.25) is 14.0 Å². The molecule has 0 radical (unpaired) electrons. The number of thiazole rings is 1. The predicted octanol–water partition coefficient (Wildman–Crippen LogP) is 1.20. The molecule has 0 bridgehead atoms. The van der Waals surface area contributed by atoms with Crippen molar-refractivity contribution in [1.82, 2.24) is 19.6 Å². The first-order valence-electron chi connectivity index (χ1n) is 7.64. The van der Waals surface area contributed by atoms with Crippen LogP contribution in [-0.2, 0) is 10.5 Å². The summed E-state index contributed by atoms with van der Waals surface area (Å²) in [6.07, 6.45) is 4.28. The van der Waals surface area contributed by atoms with Gasteiger partial charge in [0.2, 0.25) is 5.91 Å². The van der Waals surface area contributed by atoms with Crippen LogP contribution in [0, 0.1) is 0 Å². The lowest BCUT2D eigenvalue weighted by Gasteiger charge is -2.15. The van der Waals surface area contributed by atoms with E-state index in [1.54, 1.807) is 6.20 Å². The van der Waals surface area contributed by atoms with E-state index in [1.165, 1.54) is 46.4 Å². The molecule has 2 heterocycles. The molecule has 23 heavy (non-hydrogen) atoms. The van der Waals surface area contributed by atoms with Crippen molar-refractivity contribution in [2.75, 3.05) is 25.9 Å². The van der Waals surface area contributed by atoms with E-state index in [0.29, 0.717) is 23.0 Å². The fourth-order valence-corrected chi connectivity index (χ4v) is 3.82. The Morgan fingerprint density at radius 3 is 3.17 bits per heavy atom. The molecule has 1 aliphatic rings. The van der Waals surface area contributed by atoms with Crippen LogP contribution in [0.25, 0.3) is 4.96 Å². The van der Waals surface area contributed by atoms with Crippen molar-refractivity contribution in [3.63, 3.8) is 0 Å². The van der Waals surface area contributed by atoms with Gasteiger partial charge in [0, 0.05) is 42.5 Å². The summed E-state index contributed by atoms with van der Waals surface area (Å²) in [5, 5.41) is 4.77. The minimum absolute atomic E-state index is 0.0353. The van der Waals surface area contributed by atoms with Gasteiger partial charge in [-0.15, -0.1) is 23.1 Å². The second kappa shape index (κ2) is 7.46. The molecule has 2 aromatic heterocycles. The van der Waals surface area contributed by atoms with Crippen LogP contribution >= 0.6 is 23.1 Å². The molecule has 6 nitrogen and oxygen atoms in total. The summed E-state index contributed by atoms with van der Waals surface area (Å²) < 4.78 is 1.53. The molecule has 0 aliphatic heterocycles. The quantitative estimate of drug-likeness (QED) is 0.773. The van der Waals surface area contributed by atoms with Gasteiger partial charge in [-0.1, -0.05) is 0 Å². The van der Waals surface area contributed by atoms with Crippen LogP contribution in [0.4, 0.5) is 0 Å². The molecule has 3 rings (SSSR count). The average Bonchev–Trinajstić information content (AvgIpc) is 3.26. The molecule has 0 atom stereocenters. The molecule has 1 amide bonds. The second-order valence-corrected chi connectivity index (χ2v) is 7.55. The van der Waals surface area contributed by atoms with Gasteiger partial charge in [-0.2, -0.15) is 0 Å². The number of fused-ring (bicyclic) bond motifs is 1. The van der Waals surface area contributed by atoms with Crippen molar-refractivity contribution in [2.24, 2.45) is 0 Å². The summed E-state index contributed by atoms with van der Waals surface area (Å²) in [4.78, 5) is 31.1. The number of hydrogen-bond donors (Lipinski definition) is 1. The molecule has 1 saturated carbocycles. The number of thioether (sulfide) groups is 1. The smallest absolute Gasteiger partial charge is 0.258 e. The highest BCUT2D eigenvalue weighted by molar-refractivity contribution is 7.99. The van der Waals surface area contributed by atoms with Gasteiger partial charge in [-0.25, -0.2) is 4.98 Å². The van der Waals surface area contributed by atoms with Gasteiger partial charge in [0.05, 0.1) is 11.4 Å². The Morgan fingerprint density at radius 1 is 1.57 bits per heavy atom. The zero-order chi connectivity index (χ0) is 16.2. The zero-order valence-corrected chi connectivity index (χ0v) is 14.7. The standard InChI is InChI=1S/C15H20N4O2S2/c1-18(12-2-3-12)5-4-16-13(20)10-22-9-11-8-14(21)19-6-7-23-15(19)17-11/h6-8,12H,2-5,9-10H2,1H3,(H,16,20). The molecule has 0 saturated heterocycles. The fraction of sp³-hybridized carbons (Fsp3) is 0.533.